The van der Waals surface area contributed by atoms with Crippen molar-refractivity contribution in [1.29, 1.82) is 0 Å². The number of alkyl halides is 3. The molecule has 0 aromatic carbocycles. The summed E-state index contributed by atoms with van der Waals surface area (Å²) in [7, 11) is 1.76. The van der Waals surface area contributed by atoms with E-state index in [9.17, 15) is 13.2 Å². The Kier molecular flexibility index (Phi) is 2.30. The van der Waals surface area contributed by atoms with Gasteiger partial charge in [0.15, 0.2) is 0 Å². The van der Waals surface area contributed by atoms with E-state index in [4.69, 9.17) is 0 Å². The van der Waals surface area contributed by atoms with Crippen LogP contribution in [-0.4, -0.2) is 24.9 Å². The molecule has 0 spiro atoms. The standard InChI is InChI=1S/C7H8F3NO/c1-11-4-2-6(3-5-11)12-7(8,9)10/h2-4H,5H2,1H3. The van der Waals surface area contributed by atoms with E-state index in [1.54, 1.807) is 11.9 Å². The number of hydrogen-bond acceptors (Lipinski definition) is 2. The molecular weight excluding hydrogens is 171 g/mol. The molecule has 1 heterocycles. The van der Waals surface area contributed by atoms with E-state index >= 15 is 0 Å². The Balaban J connectivity index is 2.51. The summed E-state index contributed by atoms with van der Waals surface area (Å²) in [6.45, 7) is 0.432. The molecule has 0 atom stereocenters. The summed E-state index contributed by atoms with van der Waals surface area (Å²) < 4.78 is 38.6. The Morgan fingerprint density at radius 1 is 1.50 bits per heavy atom. The first-order valence-electron chi connectivity index (χ1n) is 3.32. The average molecular weight is 179 g/mol. The van der Waals surface area contributed by atoms with Crippen LogP contribution in [0.4, 0.5) is 13.2 Å². The van der Waals surface area contributed by atoms with Gasteiger partial charge in [-0.25, -0.2) is 0 Å². The van der Waals surface area contributed by atoms with E-state index in [0.717, 1.165) is 0 Å². The predicted octanol–water partition coefficient (Wildman–Crippen LogP) is 1.87. The molecule has 0 bridgehead atoms. The minimum absolute atomic E-state index is 0.152. The normalized spacial score (nSPS) is 17.7. The molecule has 12 heavy (non-hydrogen) atoms. The lowest BCUT2D eigenvalue weighted by Gasteiger charge is -2.18. The van der Waals surface area contributed by atoms with Crippen LogP contribution in [0.25, 0.3) is 0 Å². The van der Waals surface area contributed by atoms with Crippen LogP contribution in [0.15, 0.2) is 24.1 Å². The largest absolute Gasteiger partial charge is 0.573 e. The third-order valence-electron chi connectivity index (χ3n) is 1.31. The quantitative estimate of drug-likeness (QED) is 0.609. The van der Waals surface area contributed by atoms with Crippen LogP contribution < -0.4 is 0 Å². The number of rotatable bonds is 1. The monoisotopic (exact) mass is 179 g/mol. The van der Waals surface area contributed by atoms with Crippen molar-refractivity contribution >= 4 is 0 Å². The van der Waals surface area contributed by atoms with E-state index in [0.29, 0.717) is 6.54 Å². The SMILES string of the molecule is CN1C=CC(OC(F)(F)F)=CC1. The van der Waals surface area contributed by atoms with Crippen LogP contribution in [0.3, 0.4) is 0 Å². The molecule has 0 radical (unpaired) electrons. The second-order valence-electron chi connectivity index (χ2n) is 2.41. The molecule has 0 amide bonds. The molecule has 0 aromatic heterocycles. The molecule has 0 unspecified atom stereocenters. The van der Waals surface area contributed by atoms with Gasteiger partial charge in [0.05, 0.1) is 0 Å². The van der Waals surface area contributed by atoms with Crippen LogP contribution in [-0.2, 0) is 4.74 Å². The Hall–Kier alpha value is -1.13. The fourth-order valence-electron chi connectivity index (χ4n) is 0.773. The Morgan fingerprint density at radius 3 is 2.58 bits per heavy atom. The molecule has 2 nitrogen and oxygen atoms in total. The van der Waals surface area contributed by atoms with Crippen LogP contribution in [0.2, 0.25) is 0 Å². The van der Waals surface area contributed by atoms with Gasteiger partial charge in [0.2, 0.25) is 0 Å². The minimum Gasteiger partial charge on any atom is -0.406 e. The molecule has 0 saturated heterocycles. The van der Waals surface area contributed by atoms with Crippen LogP contribution in [0, 0.1) is 0 Å². The van der Waals surface area contributed by atoms with Crippen molar-refractivity contribution < 1.29 is 17.9 Å². The number of halogens is 3. The second-order valence-corrected chi connectivity index (χ2v) is 2.41. The lowest BCUT2D eigenvalue weighted by Crippen LogP contribution is -2.18. The molecule has 1 aliphatic heterocycles. The molecule has 68 valence electrons. The zero-order valence-electron chi connectivity index (χ0n) is 6.43. The summed E-state index contributed by atoms with van der Waals surface area (Å²) in [6.07, 6.45) is -0.419. The number of nitrogens with zero attached hydrogens (tertiary/aromatic N) is 1. The average Bonchev–Trinajstić information content (AvgIpc) is 1.91. The third-order valence-corrected chi connectivity index (χ3v) is 1.31. The summed E-state index contributed by atoms with van der Waals surface area (Å²) in [5, 5.41) is 0. The summed E-state index contributed by atoms with van der Waals surface area (Å²) >= 11 is 0. The van der Waals surface area contributed by atoms with E-state index in [1.165, 1.54) is 18.4 Å². The van der Waals surface area contributed by atoms with Crippen molar-refractivity contribution in [3.63, 3.8) is 0 Å². The maximum atomic E-state index is 11.6. The second kappa shape index (κ2) is 3.08. The highest BCUT2D eigenvalue weighted by atomic mass is 19.4. The fourth-order valence-corrected chi connectivity index (χ4v) is 0.773. The van der Waals surface area contributed by atoms with Crippen molar-refractivity contribution in [2.75, 3.05) is 13.6 Å². The van der Waals surface area contributed by atoms with Gasteiger partial charge in [-0.1, -0.05) is 0 Å². The topological polar surface area (TPSA) is 12.5 Å². The van der Waals surface area contributed by atoms with Gasteiger partial charge < -0.3 is 9.64 Å². The minimum atomic E-state index is -4.59. The first kappa shape index (κ1) is 8.96. The van der Waals surface area contributed by atoms with Crippen molar-refractivity contribution in [3.8, 4) is 0 Å². The van der Waals surface area contributed by atoms with Crippen molar-refractivity contribution in [3.05, 3.63) is 24.1 Å². The Labute approximate surface area is 67.9 Å². The lowest BCUT2D eigenvalue weighted by molar-refractivity contribution is -0.303. The number of allylic oxidation sites excluding steroid dienone is 1. The first-order valence-corrected chi connectivity index (χ1v) is 3.32. The molecule has 0 aliphatic carbocycles. The molecule has 0 aromatic rings. The zero-order chi connectivity index (χ0) is 9.19. The molecule has 0 fully saturated rings. The lowest BCUT2D eigenvalue weighted by atomic mass is 10.3. The fraction of sp³-hybridized carbons (Fsp3) is 0.429. The van der Waals surface area contributed by atoms with Gasteiger partial charge >= 0.3 is 6.36 Å². The maximum absolute atomic E-state index is 11.6. The Bertz CT molecular complexity index is 219. The van der Waals surface area contributed by atoms with Crippen molar-refractivity contribution in [1.82, 2.24) is 4.90 Å². The zero-order valence-corrected chi connectivity index (χ0v) is 6.43. The smallest absolute Gasteiger partial charge is 0.406 e. The van der Waals surface area contributed by atoms with Gasteiger partial charge in [-0.3, -0.25) is 0 Å². The van der Waals surface area contributed by atoms with Crippen LogP contribution in [0.5, 0.6) is 0 Å². The third kappa shape index (κ3) is 2.86. The highest BCUT2D eigenvalue weighted by Gasteiger charge is 2.31. The van der Waals surface area contributed by atoms with Gasteiger partial charge in [-0.05, 0) is 12.2 Å². The van der Waals surface area contributed by atoms with E-state index in [1.807, 2.05) is 0 Å². The highest BCUT2D eigenvalue weighted by Crippen LogP contribution is 2.22. The summed E-state index contributed by atoms with van der Waals surface area (Å²) in [6, 6.07) is 0. The van der Waals surface area contributed by atoms with Gasteiger partial charge in [-0.2, -0.15) is 0 Å². The summed E-state index contributed by atoms with van der Waals surface area (Å²) in [5.41, 5.74) is 0. The van der Waals surface area contributed by atoms with Crippen molar-refractivity contribution in [2.45, 2.75) is 6.36 Å². The number of likely N-dealkylation sites (N-methyl/N-ethyl adjacent to an activating group) is 1. The van der Waals surface area contributed by atoms with Crippen LogP contribution in [0.1, 0.15) is 0 Å². The van der Waals surface area contributed by atoms with Gasteiger partial charge in [-0.15, -0.1) is 13.2 Å². The Morgan fingerprint density at radius 2 is 2.17 bits per heavy atom. The molecule has 0 N–H and O–H groups in total. The number of hydrogen-bond donors (Lipinski definition) is 0. The van der Waals surface area contributed by atoms with E-state index < -0.39 is 6.36 Å². The first-order chi connectivity index (χ1) is 5.47. The molecule has 1 aliphatic rings. The summed E-state index contributed by atoms with van der Waals surface area (Å²) in [4.78, 5) is 1.74. The van der Waals surface area contributed by atoms with Gasteiger partial charge in [0, 0.05) is 19.8 Å². The number of ether oxygens (including phenoxy) is 1. The summed E-state index contributed by atoms with van der Waals surface area (Å²) in [5.74, 6) is -0.152. The molecule has 1 rings (SSSR count). The highest BCUT2D eigenvalue weighted by molar-refractivity contribution is 5.16. The van der Waals surface area contributed by atoms with E-state index in [-0.39, 0.29) is 5.76 Å². The van der Waals surface area contributed by atoms with E-state index in [2.05, 4.69) is 4.74 Å². The maximum Gasteiger partial charge on any atom is 0.573 e. The van der Waals surface area contributed by atoms with Crippen molar-refractivity contribution in [2.24, 2.45) is 0 Å². The molecule has 5 heteroatoms. The molecule has 0 saturated carbocycles. The molecular formula is C7H8F3NO. The van der Waals surface area contributed by atoms with Gasteiger partial charge in [0.1, 0.15) is 5.76 Å². The predicted molar refractivity (Wildman–Crippen MR) is 37.0 cm³/mol. The van der Waals surface area contributed by atoms with Gasteiger partial charge in [0.25, 0.3) is 0 Å². The van der Waals surface area contributed by atoms with Crippen LogP contribution >= 0.6 is 0 Å².